The summed E-state index contributed by atoms with van der Waals surface area (Å²) in [6, 6.07) is 5.06. The Morgan fingerprint density at radius 1 is 1.17 bits per heavy atom. The van der Waals surface area contributed by atoms with E-state index < -0.39 is 11.7 Å². The first-order valence-electron chi connectivity index (χ1n) is 7.61. The van der Waals surface area contributed by atoms with Gasteiger partial charge in [0.2, 0.25) is 5.95 Å². The van der Waals surface area contributed by atoms with Crippen LogP contribution >= 0.6 is 11.6 Å². The molecule has 0 unspecified atom stereocenters. The van der Waals surface area contributed by atoms with E-state index in [1.54, 1.807) is 0 Å². The van der Waals surface area contributed by atoms with Crippen LogP contribution < -0.4 is 10.6 Å². The molecule has 0 aliphatic carbocycles. The van der Waals surface area contributed by atoms with Crippen LogP contribution in [0.15, 0.2) is 30.5 Å². The summed E-state index contributed by atoms with van der Waals surface area (Å²) < 4.78 is 39.3. The van der Waals surface area contributed by atoms with Crippen molar-refractivity contribution >= 4 is 29.1 Å². The third kappa shape index (κ3) is 5.26. The van der Waals surface area contributed by atoms with Gasteiger partial charge in [-0.15, -0.1) is 0 Å². The Kier molecular flexibility index (Phi) is 6.25. The highest BCUT2D eigenvalue weighted by atomic mass is 35.5. The molecule has 0 saturated carbocycles. The minimum atomic E-state index is -4.51. The van der Waals surface area contributed by atoms with E-state index >= 15 is 0 Å². The second-order valence-electron chi connectivity index (χ2n) is 5.21. The van der Waals surface area contributed by atoms with Gasteiger partial charge in [0, 0.05) is 17.8 Å². The number of nitrogens with one attached hydrogen (secondary N) is 2. The van der Waals surface area contributed by atoms with Crippen LogP contribution in [0.3, 0.4) is 0 Å². The fourth-order valence-electron chi connectivity index (χ4n) is 2.09. The summed E-state index contributed by atoms with van der Waals surface area (Å²) in [6.45, 7) is 2.82. The van der Waals surface area contributed by atoms with Gasteiger partial charge >= 0.3 is 6.18 Å². The topological polar surface area (TPSA) is 49.8 Å². The van der Waals surface area contributed by atoms with Crippen LogP contribution in [0.25, 0.3) is 0 Å². The summed E-state index contributed by atoms with van der Waals surface area (Å²) in [7, 11) is 0. The summed E-state index contributed by atoms with van der Waals surface area (Å²) in [5, 5.41) is 5.75. The van der Waals surface area contributed by atoms with Gasteiger partial charge in [-0.25, -0.2) is 4.98 Å². The lowest BCUT2D eigenvalue weighted by molar-refractivity contribution is -0.136. The van der Waals surface area contributed by atoms with Gasteiger partial charge in [0.15, 0.2) is 0 Å². The number of hydrogen-bond donors (Lipinski definition) is 2. The predicted molar refractivity (Wildman–Crippen MR) is 89.8 cm³/mol. The van der Waals surface area contributed by atoms with Crippen LogP contribution in [-0.2, 0) is 6.18 Å². The van der Waals surface area contributed by atoms with E-state index in [1.807, 2.05) is 0 Å². The Bertz CT molecular complexity index is 677. The Labute approximate surface area is 143 Å². The molecule has 0 spiro atoms. The minimum absolute atomic E-state index is 0.0221. The zero-order chi connectivity index (χ0) is 17.6. The lowest BCUT2D eigenvalue weighted by Crippen LogP contribution is -2.10. The predicted octanol–water partition coefficient (Wildman–Crippen LogP) is 5.49. The van der Waals surface area contributed by atoms with Crippen LogP contribution in [0, 0.1) is 0 Å². The largest absolute Gasteiger partial charge is 0.418 e. The smallest absolute Gasteiger partial charge is 0.354 e. The molecule has 0 atom stereocenters. The number of aromatic nitrogens is 2. The maximum Gasteiger partial charge on any atom is 0.418 e. The molecule has 0 radical (unpaired) electrons. The van der Waals surface area contributed by atoms with Crippen LogP contribution in [0.1, 0.15) is 31.7 Å². The number of rotatable bonds is 7. The van der Waals surface area contributed by atoms with Crippen molar-refractivity contribution in [3.05, 3.63) is 41.0 Å². The average molecular weight is 359 g/mol. The average Bonchev–Trinajstić information content (AvgIpc) is 2.53. The molecule has 0 fully saturated rings. The lowest BCUT2D eigenvalue weighted by atomic mass is 10.1. The fraction of sp³-hybridized carbons (Fsp3) is 0.375. The van der Waals surface area contributed by atoms with Crippen molar-refractivity contribution in [2.45, 2.75) is 32.4 Å². The van der Waals surface area contributed by atoms with Crippen molar-refractivity contribution < 1.29 is 13.2 Å². The number of halogens is 4. The van der Waals surface area contributed by atoms with E-state index in [0.29, 0.717) is 12.5 Å². The van der Waals surface area contributed by atoms with Crippen molar-refractivity contribution in [3.63, 3.8) is 0 Å². The standard InChI is InChI=1S/C16H18ClF3N4/c1-2-3-4-8-21-15-22-9-7-14(24-15)23-13-6-5-11(17)10-12(13)16(18,19)20/h5-7,9-10H,2-4,8H2,1H3,(H2,21,22,23,24). The first kappa shape index (κ1) is 18.3. The van der Waals surface area contributed by atoms with E-state index in [2.05, 4.69) is 27.5 Å². The molecule has 1 aromatic heterocycles. The second-order valence-corrected chi connectivity index (χ2v) is 5.65. The molecule has 8 heteroatoms. The van der Waals surface area contributed by atoms with Gasteiger partial charge in [0.05, 0.1) is 11.3 Å². The Morgan fingerprint density at radius 3 is 2.67 bits per heavy atom. The van der Waals surface area contributed by atoms with Crippen LogP contribution in [-0.4, -0.2) is 16.5 Å². The number of hydrogen-bond acceptors (Lipinski definition) is 4. The number of anilines is 3. The summed E-state index contributed by atoms with van der Waals surface area (Å²) in [6.07, 6.45) is 0.140. The van der Waals surface area contributed by atoms with Crippen LogP contribution in [0.5, 0.6) is 0 Å². The van der Waals surface area contributed by atoms with Crippen LogP contribution in [0.2, 0.25) is 5.02 Å². The molecule has 130 valence electrons. The van der Waals surface area contributed by atoms with Gasteiger partial charge in [-0.2, -0.15) is 18.2 Å². The number of alkyl halides is 3. The Balaban J connectivity index is 2.14. The van der Waals surface area contributed by atoms with Gasteiger partial charge in [0.25, 0.3) is 0 Å². The van der Waals surface area contributed by atoms with Crippen LogP contribution in [0.4, 0.5) is 30.6 Å². The zero-order valence-electron chi connectivity index (χ0n) is 13.1. The summed E-state index contributed by atoms with van der Waals surface area (Å²) in [5.74, 6) is 0.648. The Hall–Kier alpha value is -2.02. The van der Waals surface area contributed by atoms with E-state index in [9.17, 15) is 13.2 Å². The molecule has 24 heavy (non-hydrogen) atoms. The maximum atomic E-state index is 13.1. The third-order valence-corrected chi connectivity index (χ3v) is 3.50. The van der Waals surface area contributed by atoms with Crippen molar-refractivity contribution in [3.8, 4) is 0 Å². The normalized spacial score (nSPS) is 11.4. The monoisotopic (exact) mass is 358 g/mol. The number of unbranched alkanes of at least 4 members (excludes halogenated alkanes) is 2. The quantitative estimate of drug-likeness (QED) is 0.642. The Morgan fingerprint density at radius 2 is 1.96 bits per heavy atom. The first-order chi connectivity index (χ1) is 11.4. The number of nitrogens with zero attached hydrogens (tertiary/aromatic N) is 2. The number of benzene rings is 1. The minimum Gasteiger partial charge on any atom is -0.354 e. The SMILES string of the molecule is CCCCCNc1nccc(Nc2ccc(Cl)cc2C(F)(F)F)n1. The molecule has 4 nitrogen and oxygen atoms in total. The van der Waals surface area contributed by atoms with Gasteiger partial charge in [-0.05, 0) is 30.7 Å². The summed E-state index contributed by atoms with van der Waals surface area (Å²) in [5.41, 5.74) is -0.950. The van der Waals surface area contributed by atoms with E-state index in [0.717, 1.165) is 25.3 Å². The second kappa shape index (κ2) is 8.19. The molecule has 1 aromatic carbocycles. The first-order valence-corrected chi connectivity index (χ1v) is 7.98. The highest BCUT2D eigenvalue weighted by Crippen LogP contribution is 2.37. The third-order valence-electron chi connectivity index (χ3n) is 3.27. The van der Waals surface area contributed by atoms with E-state index in [4.69, 9.17) is 11.6 Å². The maximum absolute atomic E-state index is 13.1. The lowest BCUT2D eigenvalue weighted by Gasteiger charge is -2.15. The zero-order valence-corrected chi connectivity index (χ0v) is 13.9. The molecule has 0 aliphatic rings. The van der Waals surface area contributed by atoms with Gasteiger partial charge in [-0.1, -0.05) is 31.4 Å². The molecule has 2 rings (SSSR count). The highest BCUT2D eigenvalue weighted by molar-refractivity contribution is 6.30. The summed E-state index contributed by atoms with van der Waals surface area (Å²) >= 11 is 5.67. The van der Waals surface area contributed by atoms with Crippen molar-refractivity contribution in [2.24, 2.45) is 0 Å². The van der Waals surface area contributed by atoms with E-state index in [-0.39, 0.29) is 16.5 Å². The molecular weight excluding hydrogens is 341 g/mol. The molecule has 1 heterocycles. The summed E-state index contributed by atoms with van der Waals surface area (Å²) in [4.78, 5) is 8.24. The molecule has 2 aromatic rings. The molecule has 0 saturated heterocycles. The van der Waals surface area contributed by atoms with Gasteiger partial charge in [0.1, 0.15) is 5.82 Å². The van der Waals surface area contributed by atoms with Crippen molar-refractivity contribution in [2.75, 3.05) is 17.2 Å². The molecule has 2 N–H and O–H groups in total. The van der Waals surface area contributed by atoms with E-state index in [1.165, 1.54) is 24.4 Å². The molecule has 0 bridgehead atoms. The van der Waals surface area contributed by atoms with Crippen molar-refractivity contribution in [1.29, 1.82) is 0 Å². The molecule has 0 aliphatic heterocycles. The molecule has 0 amide bonds. The van der Waals surface area contributed by atoms with Gasteiger partial charge in [-0.3, -0.25) is 0 Å². The van der Waals surface area contributed by atoms with Gasteiger partial charge < -0.3 is 10.6 Å². The van der Waals surface area contributed by atoms with Crippen molar-refractivity contribution in [1.82, 2.24) is 9.97 Å². The highest BCUT2D eigenvalue weighted by Gasteiger charge is 2.33. The fourth-order valence-corrected chi connectivity index (χ4v) is 2.26. The molecular formula is C16H18ClF3N4.